The minimum atomic E-state index is -0.236. The third-order valence-corrected chi connectivity index (χ3v) is 4.73. The highest BCUT2D eigenvalue weighted by molar-refractivity contribution is 5.97. The monoisotopic (exact) mass is 359 g/mol. The molecule has 1 aliphatic carbocycles. The van der Waals surface area contributed by atoms with Gasteiger partial charge >= 0.3 is 6.03 Å². The van der Waals surface area contributed by atoms with Crippen LogP contribution < -0.4 is 16.0 Å². The molecule has 142 valence electrons. The molecule has 3 N–H and O–H groups in total. The van der Waals surface area contributed by atoms with Gasteiger partial charge in [0.25, 0.3) is 5.91 Å². The van der Waals surface area contributed by atoms with Crippen LogP contribution in [-0.2, 0) is 4.74 Å². The number of carbonyl (C=O) groups excluding carboxylic acids is 2. The zero-order valence-corrected chi connectivity index (χ0v) is 15.6. The van der Waals surface area contributed by atoms with E-state index in [1.54, 1.807) is 24.3 Å². The van der Waals surface area contributed by atoms with E-state index >= 15 is 0 Å². The van der Waals surface area contributed by atoms with Crippen molar-refractivity contribution in [2.24, 2.45) is 5.92 Å². The van der Waals surface area contributed by atoms with Gasteiger partial charge < -0.3 is 20.7 Å². The number of nitrogens with one attached hydrogen (secondary N) is 3. The summed E-state index contributed by atoms with van der Waals surface area (Å²) < 4.78 is 5.78. The van der Waals surface area contributed by atoms with Crippen LogP contribution in [0.5, 0.6) is 0 Å². The van der Waals surface area contributed by atoms with Crippen molar-refractivity contribution in [2.45, 2.75) is 64.1 Å². The van der Waals surface area contributed by atoms with Gasteiger partial charge in [0.05, 0.1) is 6.10 Å². The molecule has 6 nitrogen and oxygen atoms in total. The van der Waals surface area contributed by atoms with Crippen LogP contribution in [0.25, 0.3) is 0 Å². The number of ether oxygens (including phenoxy) is 1. The predicted molar refractivity (Wildman–Crippen MR) is 101 cm³/mol. The Bertz CT molecular complexity index is 643. The molecule has 26 heavy (non-hydrogen) atoms. The van der Waals surface area contributed by atoms with Crippen LogP contribution in [0, 0.1) is 5.92 Å². The third-order valence-electron chi connectivity index (χ3n) is 4.73. The van der Waals surface area contributed by atoms with E-state index in [-0.39, 0.29) is 24.1 Å². The maximum absolute atomic E-state index is 12.3. The first-order chi connectivity index (χ1) is 12.5. The van der Waals surface area contributed by atoms with E-state index in [4.69, 9.17) is 4.74 Å². The van der Waals surface area contributed by atoms with Crippen molar-refractivity contribution in [1.82, 2.24) is 10.6 Å². The summed E-state index contributed by atoms with van der Waals surface area (Å²) in [6.07, 6.45) is 4.99. The van der Waals surface area contributed by atoms with Gasteiger partial charge in [-0.3, -0.25) is 4.79 Å². The lowest BCUT2D eigenvalue weighted by atomic mass is 9.96. The SMILES string of the molecule is CC(C)C[C@H]1C[C@H](NC(=O)Nc2cccc(C(=O)NC3CC3)c2)CCO1. The average molecular weight is 359 g/mol. The Hall–Kier alpha value is -2.08. The standard InChI is InChI=1S/C20H29N3O3/c1-13(2)10-18-12-17(8-9-26-18)23-20(25)22-16-5-3-4-14(11-16)19(24)21-15-6-7-15/h3-5,11,13,15,17-18H,6-10,12H2,1-2H3,(H,21,24)(H2,22,23,25)/t17-,18+/m1/s1. The highest BCUT2D eigenvalue weighted by Crippen LogP contribution is 2.21. The summed E-state index contributed by atoms with van der Waals surface area (Å²) in [5.41, 5.74) is 1.19. The number of amides is 3. The van der Waals surface area contributed by atoms with E-state index in [9.17, 15) is 9.59 Å². The molecule has 6 heteroatoms. The first-order valence-corrected chi connectivity index (χ1v) is 9.59. The predicted octanol–water partition coefficient (Wildman–Crippen LogP) is 3.29. The molecule has 2 fully saturated rings. The summed E-state index contributed by atoms with van der Waals surface area (Å²) >= 11 is 0. The van der Waals surface area contributed by atoms with Crippen molar-refractivity contribution < 1.29 is 14.3 Å². The molecular formula is C20H29N3O3. The summed E-state index contributed by atoms with van der Waals surface area (Å²) in [6.45, 7) is 5.04. The number of benzene rings is 1. The lowest BCUT2D eigenvalue weighted by Gasteiger charge is -2.31. The van der Waals surface area contributed by atoms with Crippen LogP contribution in [0.2, 0.25) is 0 Å². The van der Waals surface area contributed by atoms with Crippen molar-refractivity contribution >= 4 is 17.6 Å². The molecule has 3 amide bonds. The van der Waals surface area contributed by atoms with Gasteiger partial charge in [-0.25, -0.2) is 4.79 Å². The molecule has 0 bridgehead atoms. The van der Waals surface area contributed by atoms with Crippen molar-refractivity contribution in [3.05, 3.63) is 29.8 Å². The largest absolute Gasteiger partial charge is 0.378 e. The van der Waals surface area contributed by atoms with E-state index < -0.39 is 0 Å². The van der Waals surface area contributed by atoms with Gasteiger partial charge in [0.15, 0.2) is 0 Å². The van der Waals surface area contributed by atoms with E-state index in [0.29, 0.717) is 29.8 Å². The minimum absolute atomic E-state index is 0.0856. The molecule has 3 rings (SSSR count). The topological polar surface area (TPSA) is 79.5 Å². The van der Waals surface area contributed by atoms with Crippen LogP contribution in [-0.4, -0.2) is 36.7 Å². The Labute approximate surface area is 155 Å². The normalized spacial score (nSPS) is 22.7. The zero-order chi connectivity index (χ0) is 18.5. The second-order valence-electron chi connectivity index (χ2n) is 7.77. The fourth-order valence-corrected chi connectivity index (χ4v) is 3.29. The number of hydrogen-bond donors (Lipinski definition) is 3. The van der Waals surface area contributed by atoms with Gasteiger partial charge in [-0.05, 0) is 56.2 Å². The number of hydrogen-bond acceptors (Lipinski definition) is 3. The number of anilines is 1. The van der Waals surface area contributed by atoms with Crippen LogP contribution in [0.3, 0.4) is 0 Å². The number of rotatable bonds is 6. The first-order valence-electron chi connectivity index (χ1n) is 9.59. The van der Waals surface area contributed by atoms with Crippen LogP contribution in [0.4, 0.5) is 10.5 Å². The molecule has 1 heterocycles. The Balaban J connectivity index is 1.50. The van der Waals surface area contributed by atoms with Crippen molar-refractivity contribution in [3.8, 4) is 0 Å². The minimum Gasteiger partial charge on any atom is -0.378 e. The molecule has 1 aromatic rings. The van der Waals surface area contributed by atoms with Crippen LogP contribution in [0.15, 0.2) is 24.3 Å². The molecule has 0 aromatic heterocycles. The first kappa shape index (κ1) is 18.7. The molecule has 1 aliphatic heterocycles. The van der Waals surface area contributed by atoms with Crippen LogP contribution >= 0.6 is 0 Å². The lowest BCUT2D eigenvalue weighted by Crippen LogP contribution is -2.44. The van der Waals surface area contributed by atoms with Gasteiger partial charge in [-0.15, -0.1) is 0 Å². The Morgan fingerprint density at radius 2 is 1.96 bits per heavy atom. The van der Waals surface area contributed by atoms with Gasteiger partial charge in [-0.2, -0.15) is 0 Å². The molecule has 0 unspecified atom stereocenters. The molecule has 1 saturated heterocycles. The van der Waals surface area contributed by atoms with Gasteiger partial charge in [0, 0.05) is 29.9 Å². The van der Waals surface area contributed by atoms with Crippen molar-refractivity contribution in [3.63, 3.8) is 0 Å². The smallest absolute Gasteiger partial charge is 0.319 e. The molecular weight excluding hydrogens is 330 g/mol. The fourth-order valence-electron chi connectivity index (χ4n) is 3.29. The van der Waals surface area contributed by atoms with Gasteiger partial charge in [0.1, 0.15) is 0 Å². The molecule has 1 saturated carbocycles. The molecule has 2 aliphatic rings. The average Bonchev–Trinajstić information content (AvgIpc) is 3.38. The number of carbonyl (C=O) groups is 2. The van der Waals surface area contributed by atoms with Gasteiger partial charge in [-0.1, -0.05) is 19.9 Å². The summed E-state index contributed by atoms with van der Waals surface area (Å²) in [5, 5.41) is 8.82. The highest BCUT2D eigenvalue weighted by Gasteiger charge is 2.25. The summed E-state index contributed by atoms with van der Waals surface area (Å²) in [5.74, 6) is 0.495. The third kappa shape index (κ3) is 5.73. The second kappa shape index (κ2) is 8.54. The summed E-state index contributed by atoms with van der Waals surface area (Å²) in [7, 11) is 0. The van der Waals surface area contributed by atoms with Gasteiger partial charge in [0.2, 0.25) is 0 Å². The maximum atomic E-state index is 12.3. The van der Waals surface area contributed by atoms with E-state index in [1.165, 1.54) is 0 Å². The zero-order valence-electron chi connectivity index (χ0n) is 15.6. The molecule has 2 atom stereocenters. The van der Waals surface area contributed by atoms with Crippen molar-refractivity contribution in [1.29, 1.82) is 0 Å². The highest BCUT2D eigenvalue weighted by atomic mass is 16.5. The van der Waals surface area contributed by atoms with Crippen LogP contribution in [0.1, 0.15) is 56.3 Å². The maximum Gasteiger partial charge on any atom is 0.319 e. The Morgan fingerprint density at radius 3 is 2.69 bits per heavy atom. The summed E-state index contributed by atoms with van der Waals surface area (Å²) in [4.78, 5) is 24.4. The molecule has 1 aromatic carbocycles. The Morgan fingerprint density at radius 1 is 1.15 bits per heavy atom. The van der Waals surface area contributed by atoms with E-state index in [2.05, 4.69) is 29.8 Å². The quantitative estimate of drug-likeness (QED) is 0.729. The lowest BCUT2D eigenvalue weighted by molar-refractivity contribution is -0.00717. The van der Waals surface area contributed by atoms with Crippen molar-refractivity contribution in [2.75, 3.05) is 11.9 Å². The van der Waals surface area contributed by atoms with E-state index in [1.807, 2.05) is 0 Å². The molecule has 0 spiro atoms. The van der Waals surface area contributed by atoms with E-state index in [0.717, 1.165) is 32.1 Å². The summed E-state index contributed by atoms with van der Waals surface area (Å²) in [6, 6.07) is 7.24. The molecule has 0 radical (unpaired) electrons. The fraction of sp³-hybridized carbons (Fsp3) is 0.600. The Kier molecular flexibility index (Phi) is 6.14. The number of urea groups is 1. The second-order valence-corrected chi connectivity index (χ2v) is 7.77.